The number of ether oxygens (including phenoxy) is 2. The van der Waals surface area contributed by atoms with Crippen LogP contribution in [0.15, 0.2) is 53.6 Å². The average Bonchev–Trinajstić information content (AvgIpc) is 3.26. The molecular weight excluding hydrogens is 518 g/mol. The first kappa shape index (κ1) is 27.7. The van der Waals surface area contributed by atoms with Crippen LogP contribution >= 0.6 is 11.3 Å². The van der Waals surface area contributed by atoms with Gasteiger partial charge in [-0.1, -0.05) is 25.1 Å². The highest BCUT2D eigenvalue weighted by molar-refractivity contribution is 7.17. The number of aryl methyl sites for hydroxylation is 1. The molecule has 2 aromatic carbocycles. The lowest BCUT2D eigenvalue weighted by molar-refractivity contribution is -0.136. The molecule has 0 aliphatic heterocycles. The van der Waals surface area contributed by atoms with E-state index < -0.39 is 23.8 Å². The van der Waals surface area contributed by atoms with Crippen LogP contribution in [0.1, 0.15) is 62.6 Å². The zero-order valence-corrected chi connectivity index (χ0v) is 22.7. The molecule has 0 saturated heterocycles. The van der Waals surface area contributed by atoms with Gasteiger partial charge in [-0.05, 0) is 86.1 Å². The summed E-state index contributed by atoms with van der Waals surface area (Å²) in [4.78, 5) is 50.9. The average molecular weight is 548 g/mol. The van der Waals surface area contributed by atoms with Gasteiger partial charge in [-0.2, -0.15) is 5.10 Å². The van der Waals surface area contributed by atoms with Gasteiger partial charge in [-0.25, -0.2) is 15.0 Å². The number of hydrazone groups is 1. The third-order valence-corrected chi connectivity index (χ3v) is 7.43. The minimum Gasteiger partial charge on any atom is -0.462 e. The summed E-state index contributed by atoms with van der Waals surface area (Å²) in [5.74, 6) is -2.06. The van der Waals surface area contributed by atoms with Gasteiger partial charge in [0.05, 0.1) is 23.9 Å². The molecular formula is C29H29N3O6S. The largest absolute Gasteiger partial charge is 0.462 e. The number of benzene rings is 2. The van der Waals surface area contributed by atoms with E-state index in [1.165, 1.54) is 17.6 Å². The summed E-state index contributed by atoms with van der Waals surface area (Å²) in [5, 5.41) is 6.70. The first-order valence-corrected chi connectivity index (χ1v) is 13.4. The lowest BCUT2D eigenvalue weighted by Gasteiger charge is -2.18. The highest BCUT2D eigenvalue weighted by Crippen LogP contribution is 2.40. The third kappa shape index (κ3) is 6.77. The van der Waals surface area contributed by atoms with Crippen LogP contribution in [-0.4, -0.2) is 36.6 Å². The standard InChI is InChI=1S/C29H29N3O6S/c1-4-37-29(36)24-22-14-9-17(2)15-23(22)39-27(24)31-25(33)26(34)32-30-16-19-10-12-20(13-11-19)38-28(35)21-8-6-5-7-18(21)3/h5-8,10-13,16-17H,4,9,14-15H2,1-3H3,(H,31,33)(H,32,34)/b30-16+. The van der Waals surface area contributed by atoms with Crippen molar-refractivity contribution >= 4 is 46.3 Å². The van der Waals surface area contributed by atoms with E-state index in [0.29, 0.717) is 33.4 Å². The molecule has 9 nitrogen and oxygen atoms in total. The van der Waals surface area contributed by atoms with Crippen LogP contribution in [-0.2, 0) is 27.2 Å². The molecule has 2 N–H and O–H groups in total. The number of carbonyl (C=O) groups excluding carboxylic acids is 4. The molecule has 0 fully saturated rings. The smallest absolute Gasteiger partial charge is 0.343 e. The maximum absolute atomic E-state index is 12.6. The van der Waals surface area contributed by atoms with Crippen LogP contribution in [0.3, 0.4) is 0 Å². The Kier molecular flexibility index (Phi) is 8.88. The molecule has 0 saturated carbocycles. The summed E-state index contributed by atoms with van der Waals surface area (Å²) in [6.07, 6.45) is 3.82. The second-order valence-electron chi connectivity index (χ2n) is 9.20. The molecule has 3 aromatic rings. The van der Waals surface area contributed by atoms with Gasteiger partial charge in [0.2, 0.25) is 0 Å². The second-order valence-corrected chi connectivity index (χ2v) is 10.3. The van der Waals surface area contributed by atoms with Gasteiger partial charge in [-0.15, -0.1) is 11.3 Å². The minimum atomic E-state index is -0.982. The molecule has 1 aliphatic rings. The van der Waals surface area contributed by atoms with E-state index in [9.17, 15) is 19.2 Å². The molecule has 1 aliphatic carbocycles. The number of hydrogen-bond donors (Lipinski definition) is 2. The molecule has 4 rings (SSSR count). The predicted molar refractivity (Wildman–Crippen MR) is 148 cm³/mol. The highest BCUT2D eigenvalue weighted by atomic mass is 32.1. The van der Waals surface area contributed by atoms with Gasteiger partial charge < -0.3 is 14.8 Å². The number of amides is 2. The number of nitrogens with one attached hydrogen (secondary N) is 2. The number of carbonyl (C=O) groups is 4. The number of hydrogen-bond acceptors (Lipinski definition) is 8. The fourth-order valence-electron chi connectivity index (χ4n) is 4.22. The van der Waals surface area contributed by atoms with Gasteiger partial charge in [0.15, 0.2) is 0 Å². The maximum atomic E-state index is 12.6. The Balaban J connectivity index is 1.35. The first-order valence-electron chi connectivity index (χ1n) is 12.6. The quantitative estimate of drug-likeness (QED) is 0.146. The van der Waals surface area contributed by atoms with E-state index in [4.69, 9.17) is 9.47 Å². The van der Waals surface area contributed by atoms with Crippen molar-refractivity contribution in [2.45, 2.75) is 40.0 Å². The van der Waals surface area contributed by atoms with Gasteiger partial charge in [0.1, 0.15) is 10.8 Å². The Morgan fingerprint density at radius 2 is 1.79 bits per heavy atom. The van der Waals surface area contributed by atoms with Crippen LogP contribution in [0, 0.1) is 12.8 Å². The topological polar surface area (TPSA) is 123 Å². The lowest BCUT2D eigenvalue weighted by atomic mass is 9.88. The summed E-state index contributed by atoms with van der Waals surface area (Å²) in [6.45, 7) is 5.90. The van der Waals surface area contributed by atoms with Crippen molar-refractivity contribution in [1.82, 2.24) is 5.43 Å². The summed E-state index contributed by atoms with van der Waals surface area (Å²) < 4.78 is 10.6. The van der Waals surface area contributed by atoms with Crippen LogP contribution in [0.5, 0.6) is 5.75 Å². The molecule has 0 spiro atoms. The summed E-state index contributed by atoms with van der Waals surface area (Å²) >= 11 is 1.30. The number of esters is 2. The van der Waals surface area contributed by atoms with E-state index in [0.717, 1.165) is 35.3 Å². The zero-order valence-electron chi connectivity index (χ0n) is 21.9. The van der Waals surface area contributed by atoms with Crippen LogP contribution in [0.2, 0.25) is 0 Å². The highest BCUT2D eigenvalue weighted by Gasteiger charge is 2.30. The number of fused-ring (bicyclic) bond motifs is 1. The predicted octanol–water partition coefficient (Wildman–Crippen LogP) is 4.67. The number of rotatable bonds is 7. The maximum Gasteiger partial charge on any atom is 0.343 e. The van der Waals surface area contributed by atoms with Crippen molar-refractivity contribution in [3.63, 3.8) is 0 Å². The van der Waals surface area contributed by atoms with Crippen molar-refractivity contribution < 1.29 is 28.7 Å². The molecule has 1 unspecified atom stereocenters. The van der Waals surface area contributed by atoms with Gasteiger partial charge in [-0.3, -0.25) is 9.59 Å². The van der Waals surface area contributed by atoms with Crippen molar-refractivity contribution in [2.75, 3.05) is 11.9 Å². The summed E-state index contributed by atoms with van der Waals surface area (Å²) in [7, 11) is 0. The second kappa shape index (κ2) is 12.5. The molecule has 202 valence electrons. The molecule has 10 heteroatoms. The molecule has 1 heterocycles. The zero-order chi connectivity index (χ0) is 27.9. The first-order chi connectivity index (χ1) is 18.8. The Labute approximate surface area is 230 Å². The Morgan fingerprint density at radius 3 is 2.51 bits per heavy atom. The van der Waals surface area contributed by atoms with E-state index >= 15 is 0 Å². The molecule has 2 amide bonds. The molecule has 1 atom stereocenters. The van der Waals surface area contributed by atoms with Crippen molar-refractivity contribution in [3.05, 3.63) is 81.2 Å². The molecule has 0 bridgehead atoms. The van der Waals surface area contributed by atoms with Crippen LogP contribution < -0.4 is 15.5 Å². The normalized spacial score (nSPS) is 14.4. The van der Waals surface area contributed by atoms with E-state index in [2.05, 4.69) is 22.8 Å². The summed E-state index contributed by atoms with van der Waals surface area (Å²) in [5.41, 5.74) is 5.31. The SMILES string of the molecule is CCOC(=O)c1c(NC(=O)C(=O)N/N=C/c2ccc(OC(=O)c3ccccc3C)cc2)sc2c1CCC(C)C2. The third-order valence-electron chi connectivity index (χ3n) is 6.26. The van der Waals surface area contributed by atoms with Crippen LogP contribution in [0.25, 0.3) is 0 Å². The molecule has 0 radical (unpaired) electrons. The lowest BCUT2D eigenvalue weighted by Crippen LogP contribution is -2.32. The van der Waals surface area contributed by atoms with Crippen LogP contribution in [0.4, 0.5) is 5.00 Å². The Bertz CT molecular complexity index is 1430. The number of thiophene rings is 1. The Morgan fingerprint density at radius 1 is 1.05 bits per heavy atom. The van der Waals surface area contributed by atoms with Crippen molar-refractivity contribution in [3.8, 4) is 5.75 Å². The number of anilines is 1. The van der Waals surface area contributed by atoms with Crippen molar-refractivity contribution in [1.29, 1.82) is 0 Å². The fourth-order valence-corrected chi connectivity index (χ4v) is 5.61. The van der Waals surface area contributed by atoms with Gasteiger partial charge in [0, 0.05) is 4.88 Å². The molecule has 1 aromatic heterocycles. The summed E-state index contributed by atoms with van der Waals surface area (Å²) in [6, 6.07) is 13.6. The van der Waals surface area contributed by atoms with Gasteiger partial charge >= 0.3 is 23.8 Å². The van der Waals surface area contributed by atoms with Crippen molar-refractivity contribution in [2.24, 2.45) is 11.0 Å². The van der Waals surface area contributed by atoms with E-state index in [1.807, 2.05) is 19.1 Å². The molecule has 39 heavy (non-hydrogen) atoms. The van der Waals surface area contributed by atoms with Gasteiger partial charge in [0.25, 0.3) is 0 Å². The van der Waals surface area contributed by atoms with E-state index in [1.54, 1.807) is 43.3 Å². The Hall–Kier alpha value is -4.31. The van der Waals surface area contributed by atoms with E-state index in [-0.39, 0.29) is 6.61 Å². The monoisotopic (exact) mass is 547 g/mol. The fraction of sp³-hybridized carbons (Fsp3) is 0.276. The minimum absolute atomic E-state index is 0.207. The number of nitrogens with zero attached hydrogens (tertiary/aromatic N) is 1.